The van der Waals surface area contributed by atoms with E-state index in [2.05, 4.69) is 0 Å². The summed E-state index contributed by atoms with van der Waals surface area (Å²) in [7, 11) is 0. The Morgan fingerprint density at radius 3 is 2.94 bits per heavy atom. The number of cyclic esters (lactones) is 1. The molecule has 0 aromatic heterocycles. The van der Waals surface area contributed by atoms with E-state index in [-0.39, 0.29) is 17.8 Å². The third-order valence-corrected chi connectivity index (χ3v) is 2.89. The molecule has 1 heterocycles. The number of hydrogen-bond donors (Lipinski definition) is 1. The summed E-state index contributed by atoms with van der Waals surface area (Å²) in [5.74, 6) is -0.346. The van der Waals surface area contributed by atoms with Gasteiger partial charge in [0.05, 0.1) is 6.54 Å². The van der Waals surface area contributed by atoms with Crippen molar-refractivity contribution in [2.45, 2.75) is 5.92 Å². The van der Waals surface area contributed by atoms with Gasteiger partial charge in [-0.05, 0) is 17.7 Å². The van der Waals surface area contributed by atoms with Crippen molar-refractivity contribution >= 4 is 6.09 Å². The second-order valence-corrected chi connectivity index (χ2v) is 4.05. The van der Waals surface area contributed by atoms with Gasteiger partial charge in [0.25, 0.3) is 0 Å². The zero-order valence-corrected chi connectivity index (χ0v) is 9.43. The van der Waals surface area contributed by atoms with Gasteiger partial charge in [0.15, 0.2) is 0 Å². The van der Waals surface area contributed by atoms with Crippen molar-refractivity contribution in [3.8, 4) is 0 Å². The van der Waals surface area contributed by atoms with Gasteiger partial charge in [-0.15, -0.1) is 0 Å². The van der Waals surface area contributed by atoms with Crippen LogP contribution in [0.4, 0.5) is 9.18 Å². The Hall–Kier alpha value is -1.62. The molecule has 4 nitrogen and oxygen atoms in total. The third kappa shape index (κ3) is 2.74. The molecule has 0 radical (unpaired) electrons. The van der Waals surface area contributed by atoms with E-state index in [4.69, 9.17) is 10.5 Å². The number of hydrogen-bond acceptors (Lipinski definition) is 3. The fourth-order valence-electron chi connectivity index (χ4n) is 1.93. The van der Waals surface area contributed by atoms with Crippen LogP contribution in [0.25, 0.3) is 0 Å². The van der Waals surface area contributed by atoms with E-state index >= 15 is 0 Å². The zero-order valence-electron chi connectivity index (χ0n) is 9.43. The minimum atomic E-state index is -0.320. The van der Waals surface area contributed by atoms with Gasteiger partial charge in [0.2, 0.25) is 0 Å². The molecular formula is C12H15FN2O2. The summed E-state index contributed by atoms with van der Waals surface area (Å²) in [6.45, 7) is 1.83. The van der Waals surface area contributed by atoms with Crippen LogP contribution in [0, 0.1) is 5.82 Å². The average molecular weight is 238 g/mol. The van der Waals surface area contributed by atoms with E-state index in [0.29, 0.717) is 26.2 Å². The SMILES string of the molecule is NCC(CN1CCOC1=O)c1cccc(F)c1. The highest BCUT2D eigenvalue weighted by atomic mass is 19.1. The maximum absolute atomic E-state index is 13.1. The monoisotopic (exact) mass is 238 g/mol. The van der Waals surface area contributed by atoms with Crippen LogP contribution in [-0.4, -0.2) is 37.2 Å². The summed E-state index contributed by atoms with van der Waals surface area (Å²) in [5.41, 5.74) is 6.49. The number of ether oxygens (including phenoxy) is 1. The van der Waals surface area contributed by atoms with Gasteiger partial charge in [0.1, 0.15) is 12.4 Å². The zero-order chi connectivity index (χ0) is 12.3. The molecule has 1 fully saturated rings. The molecule has 17 heavy (non-hydrogen) atoms. The molecule has 0 aliphatic carbocycles. The number of carbonyl (C=O) groups is 1. The number of carbonyl (C=O) groups excluding carboxylic acids is 1. The summed E-state index contributed by atoms with van der Waals surface area (Å²) in [6.07, 6.45) is -0.320. The molecule has 1 aliphatic heterocycles. The van der Waals surface area contributed by atoms with E-state index in [9.17, 15) is 9.18 Å². The van der Waals surface area contributed by atoms with Crippen molar-refractivity contribution in [1.82, 2.24) is 4.90 Å². The first-order valence-electron chi connectivity index (χ1n) is 5.58. The number of nitrogens with zero attached hydrogens (tertiary/aromatic N) is 1. The van der Waals surface area contributed by atoms with E-state index in [0.717, 1.165) is 5.56 Å². The van der Waals surface area contributed by atoms with Crippen LogP contribution >= 0.6 is 0 Å². The lowest BCUT2D eigenvalue weighted by molar-refractivity contribution is 0.157. The molecule has 0 spiro atoms. The molecular weight excluding hydrogens is 223 g/mol. The second kappa shape index (κ2) is 5.14. The molecule has 1 aromatic rings. The molecule has 2 N–H and O–H groups in total. The van der Waals surface area contributed by atoms with Crippen molar-refractivity contribution in [2.24, 2.45) is 5.73 Å². The molecule has 0 bridgehead atoms. The van der Waals surface area contributed by atoms with Crippen molar-refractivity contribution < 1.29 is 13.9 Å². The maximum Gasteiger partial charge on any atom is 0.409 e. The quantitative estimate of drug-likeness (QED) is 0.860. The van der Waals surface area contributed by atoms with Gasteiger partial charge in [-0.1, -0.05) is 12.1 Å². The number of nitrogens with two attached hydrogens (primary N) is 1. The predicted molar refractivity (Wildman–Crippen MR) is 61.1 cm³/mol. The topological polar surface area (TPSA) is 55.6 Å². The lowest BCUT2D eigenvalue weighted by Crippen LogP contribution is -2.32. The van der Waals surface area contributed by atoms with Crippen molar-refractivity contribution in [3.05, 3.63) is 35.6 Å². The molecule has 92 valence electrons. The lowest BCUT2D eigenvalue weighted by atomic mass is 9.98. The average Bonchev–Trinajstić information content (AvgIpc) is 2.71. The van der Waals surface area contributed by atoms with Crippen LogP contribution in [-0.2, 0) is 4.74 Å². The third-order valence-electron chi connectivity index (χ3n) is 2.89. The summed E-state index contributed by atoms with van der Waals surface area (Å²) >= 11 is 0. The van der Waals surface area contributed by atoms with Gasteiger partial charge in [0, 0.05) is 19.0 Å². The summed E-state index contributed by atoms with van der Waals surface area (Å²) in [4.78, 5) is 12.9. The van der Waals surface area contributed by atoms with Crippen LogP contribution in [0.3, 0.4) is 0 Å². The van der Waals surface area contributed by atoms with E-state index in [1.54, 1.807) is 11.0 Å². The Morgan fingerprint density at radius 1 is 1.53 bits per heavy atom. The minimum Gasteiger partial charge on any atom is -0.448 e. The molecule has 1 atom stereocenters. The number of rotatable bonds is 4. The first kappa shape index (κ1) is 11.9. The molecule has 1 aromatic carbocycles. The summed E-state index contributed by atoms with van der Waals surface area (Å²) < 4.78 is 18.0. The van der Waals surface area contributed by atoms with Crippen LogP contribution < -0.4 is 5.73 Å². The van der Waals surface area contributed by atoms with Crippen molar-refractivity contribution in [3.63, 3.8) is 0 Å². The highest BCUT2D eigenvalue weighted by Crippen LogP contribution is 2.18. The largest absolute Gasteiger partial charge is 0.448 e. The van der Waals surface area contributed by atoms with E-state index < -0.39 is 0 Å². The van der Waals surface area contributed by atoms with Gasteiger partial charge in [-0.2, -0.15) is 0 Å². The molecule has 0 saturated carbocycles. The predicted octanol–water partition coefficient (Wildman–Crippen LogP) is 1.32. The molecule has 1 unspecified atom stereocenters. The first-order chi connectivity index (χ1) is 8.20. The maximum atomic E-state index is 13.1. The van der Waals surface area contributed by atoms with E-state index in [1.807, 2.05) is 6.07 Å². The van der Waals surface area contributed by atoms with Gasteiger partial charge < -0.3 is 15.4 Å². The van der Waals surface area contributed by atoms with Crippen LogP contribution in [0.15, 0.2) is 24.3 Å². The van der Waals surface area contributed by atoms with Crippen LogP contribution in [0.1, 0.15) is 11.5 Å². The Kier molecular flexibility index (Phi) is 3.58. The number of halogens is 1. The minimum absolute atomic E-state index is 0.0589. The fourth-order valence-corrected chi connectivity index (χ4v) is 1.93. The number of benzene rings is 1. The molecule has 5 heteroatoms. The number of amides is 1. The molecule has 1 amide bonds. The lowest BCUT2D eigenvalue weighted by Gasteiger charge is -2.21. The first-order valence-corrected chi connectivity index (χ1v) is 5.58. The standard InChI is InChI=1S/C12H15FN2O2/c13-11-3-1-2-9(6-11)10(7-14)8-15-4-5-17-12(15)16/h1-3,6,10H,4-5,7-8,14H2. The van der Waals surface area contributed by atoms with Crippen molar-refractivity contribution in [1.29, 1.82) is 0 Å². The Balaban J connectivity index is 2.08. The Bertz CT molecular complexity index is 411. The van der Waals surface area contributed by atoms with E-state index in [1.165, 1.54) is 12.1 Å². The van der Waals surface area contributed by atoms with Gasteiger partial charge in [-0.25, -0.2) is 9.18 Å². The summed E-state index contributed by atoms with van der Waals surface area (Å²) in [5, 5.41) is 0. The Labute approximate surface area is 99.2 Å². The second-order valence-electron chi connectivity index (χ2n) is 4.05. The molecule has 1 aliphatic rings. The van der Waals surface area contributed by atoms with Gasteiger partial charge >= 0.3 is 6.09 Å². The van der Waals surface area contributed by atoms with Crippen LogP contribution in [0.5, 0.6) is 0 Å². The summed E-state index contributed by atoms with van der Waals surface area (Å²) in [6, 6.07) is 6.32. The molecule has 1 saturated heterocycles. The smallest absolute Gasteiger partial charge is 0.409 e. The fraction of sp³-hybridized carbons (Fsp3) is 0.417. The Morgan fingerprint density at radius 2 is 2.35 bits per heavy atom. The van der Waals surface area contributed by atoms with Crippen LogP contribution in [0.2, 0.25) is 0 Å². The highest BCUT2D eigenvalue weighted by Gasteiger charge is 2.25. The molecule has 2 rings (SSSR count). The van der Waals surface area contributed by atoms with Crippen molar-refractivity contribution in [2.75, 3.05) is 26.2 Å². The normalized spacial score (nSPS) is 17.1. The van der Waals surface area contributed by atoms with Gasteiger partial charge in [-0.3, -0.25) is 0 Å². The highest BCUT2D eigenvalue weighted by molar-refractivity contribution is 5.69.